The van der Waals surface area contributed by atoms with Gasteiger partial charge in [0.1, 0.15) is 6.29 Å². The molecule has 0 saturated heterocycles. The molecule has 0 bridgehead atoms. The zero-order chi connectivity index (χ0) is 16.6. The van der Waals surface area contributed by atoms with Crippen LogP contribution < -0.4 is 0 Å². The van der Waals surface area contributed by atoms with E-state index in [1.54, 1.807) is 0 Å². The van der Waals surface area contributed by atoms with Crippen molar-refractivity contribution < 1.29 is 46.1 Å². The van der Waals surface area contributed by atoms with Crippen LogP contribution in [-0.2, 0) is 17.1 Å². The minimum Gasteiger partial charge on any atom is -0.479 e. The quantitative estimate of drug-likeness (QED) is 0.664. The fraction of sp³-hybridized carbons (Fsp3) is 0.273. The Morgan fingerprint density at radius 3 is 1.67 bits per heavy atom. The molecule has 1 rings (SSSR count). The van der Waals surface area contributed by atoms with Crippen molar-refractivity contribution in [3.8, 4) is 0 Å². The highest BCUT2D eigenvalue weighted by Gasteiger charge is 2.44. The van der Waals surface area contributed by atoms with Crippen LogP contribution in [0.1, 0.15) is 33.2 Å². The molecular formula is C11H6F6O4. The first-order valence-corrected chi connectivity index (χ1v) is 5.08. The standard InChI is InChI=1S/C11H6F6O4/c12-10(13,14)5-1-4(3-18)2-6(11(15,16)17)7(5)8(19)9(20)21/h1-3,8,19H,(H,20,21). The third kappa shape index (κ3) is 3.51. The summed E-state index contributed by atoms with van der Waals surface area (Å²) in [6.45, 7) is 0. The lowest BCUT2D eigenvalue weighted by molar-refractivity contribution is -0.153. The van der Waals surface area contributed by atoms with Gasteiger partial charge in [-0.3, -0.25) is 4.79 Å². The second-order valence-corrected chi connectivity index (χ2v) is 3.88. The highest BCUT2D eigenvalue weighted by atomic mass is 19.4. The van der Waals surface area contributed by atoms with Gasteiger partial charge in [0.25, 0.3) is 0 Å². The Kier molecular flexibility index (Phi) is 4.32. The van der Waals surface area contributed by atoms with Gasteiger partial charge in [0.05, 0.1) is 11.1 Å². The molecule has 116 valence electrons. The van der Waals surface area contributed by atoms with Gasteiger partial charge in [0.15, 0.2) is 6.10 Å². The van der Waals surface area contributed by atoms with Crippen LogP contribution >= 0.6 is 0 Å². The third-order valence-corrected chi connectivity index (χ3v) is 2.46. The van der Waals surface area contributed by atoms with Gasteiger partial charge in [-0.1, -0.05) is 0 Å². The van der Waals surface area contributed by atoms with Gasteiger partial charge in [0, 0.05) is 11.1 Å². The minimum atomic E-state index is -5.38. The van der Waals surface area contributed by atoms with Crippen LogP contribution in [0.25, 0.3) is 0 Å². The van der Waals surface area contributed by atoms with Gasteiger partial charge >= 0.3 is 18.3 Å². The molecule has 1 unspecified atom stereocenters. The molecule has 0 radical (unpaired) electrons. The summed E-state index contributed by atoms with van der Waals surface area (Å²) in [6, 6.07) is 0.0907. The van der Waals surface area contributed by atoms with Gasteiger partial charge in [-0.15, -0.1) is 0 Å². The number of aliphatic hydroxyl groups excluding tert-OH is 1. The van der Waals surface area contributed by atoms with Crippen molar-refractivity contribution in [3.63, 3.8) is 0 Å². The number of aldehydes is 1. The van der Waals surface area contributed by atoms with Crippen LogP contribution in [0.4, 0.5) is 26.3 Å². The monoisotopic (exact) mass is 316 g/mol. The summed E-state index contributed by atoms with van der Waals surface area (Å²) in [5.74, 6) is -2.29. The van der Waals surface area contributed by atoms with Crippen molar-refractivity contribution >= 4 is 12.3 Å². The van der Waals surface area contributed by atoms with Crippen molar-refractivity contribution in [2.75, 3.05) is 0 Å². The summed E-state index contributed by atoms with van der Waals surface area (Å²) in [4.78, 5) is 21.0. The highest BCUT2D eigenvalue weighted by Crippen LogP contribution is 2.42. The third-order valence-electron chi connectivity index (χ3n) is 2.46. The number of carbonyl (C=O) groups excluding carboxylic acids is 1. The summed E-state index contributed by atoms with van der Waals surface area (Å²) >= 11 is 0. The molecule has 0 fully saturated rings. The van der Waals surface area contributed by atoms with E-state index in [2.05, 4.69) is 0 Å². The number of carboxylic acids is 1. The van der Waals surface area contributed by atoms with E-state index in [9.17, 15) is 35.9 Å². The number of carboxylic acid groups (broad SMARTS) is 1. The SMILES string of the molecule is O=Cc1cc(C(F)(F)F)c(C(O)C(=O)O)c(C(F)(F)F)c1. The minimum absolute atomic E-state index is 0.0454. The van der Waals surface area contributed by atoms with E-state index in [0.29, 0.717) is 0 Å². The number of benzene rings is 1. The normalized spacial score (nSPS) is 13.9. The Balaban J connectivity index is 3.85. The van der Waals surface area contributed by atoms with E-state index in [-0.39, 0.29) is 18.4 Å². The smallest absolute Gasteiger partial charge is 0.416 e. The predicted octanol–water partition coefficient (Wildman–Crippen LogP) is 2.65. The van der Waals surface area contributed by atoms with Gasteiger partial charge in [0.2, 0.25) is 0 Å². The Morgan fingerprint density at radius 1 is 1.05 bits per heavy atom. The maximum Gasteiger partial charge on any atom is 0.416 e. The maximum absolute atomic E-state index is 12.8. The summed E-state index contributed by atoms with van der Waals surface area (Å²) in [6.07, 6.45) is -14.1. The van der Waals surface area contributed by atoms with Gasteiger partial charge in [-0.05, 0) is 12.1 Å². The first-order chi connectivity index (χ1) is 9.39. The lowest BCUT2D eigenvalue weighted by Crippen LogP contribution is -2.23. The molecule has 21 heavy (non-hydrogen) atoms. The summed E-state index contributed by atoms with van der Waals surface area (Å²) < 4.78 is 76.6. The predicted molar refractivity (Wildman–Crippen MR) is 54.4 cm³/mol. The summed E-state index contributed by atoms with van der Waals surface area (Å²) in [5.41, 5.74) is -6.87. The van der Waals surface area contributed by atoms with E-state index in [4.69, 9.17) is 10.2 Å². The lowest BCUT2D eigenvalue weighted by Gasteiger charge is -2.21. The van der Waals surface area contributed by atoms with Crippen LogP contribution in [0.15, 0.2) is 12.1 Å². The second kappa shape index (κ2) is 5.35. The average molecular weight is 316 g/mol. The number of carbonyl (C=O) groups is 2. The molecule has 0 aromatic heterocycles. The first kappa shape index (κ1) is 17.0. The molecule has 0 amide bonds. The molecule has 0 saturated carbocycles. The van der Waals surface area contributed by atoms with Crippen LogP contribution in [0.3, 0.4) is 0 Å². The summed E-state index contributed by atoms with van der Waals surface area (Å²) in [5, 5.41) is 17.6. The number of hydrogen-bond donors (Lipinski definition) is 2. The molecule has 0 spiro atoms. The maximum atomic E-state index is 12.8. The fourth-order valence-electron chi connectivity index (χ4n) is 1.63. The van der Waals surface area contributed by atoms with Gasteiger partial charge < -0.3 is 10.2 Å². The highest BCUT2D eigenvalue weighted by molar-refractivity contribution is 5.79. The van der Waals surface area contributed by atoms with Crippen LogP contribution in [-0.4, -0.2) is 22.5 Å². The first-order valence-electron chi connectivity index (χ1n) is 5.08. The number of halogens is 6. The van der Waals surface area contributed by atoms with Crippen molar-refractivity contribution in [1.29, 1.82) is 0 Å². The Bertz CT molecular complexity index is 540. The molecule has 4 nitrogen and oxygen atoms in total. The van der Waals surface area contributed by atoms with E-state index in [0.717, 1.165) is 0 Å². The molecule has 1 aromatic carbocycles. The van der Waals surface area contributed by atoms with Crippen molar-refractivity contribution in [2.24, 2.45) is 0 Å². The molecule has 0 heterocycles. The van der Waals surface area contributed by atoms with Crippen molar-refractivity contribution in [3.05, 3.63) is 34.4 Å². The Morgan fingerprint density at radius 2 is 1.43 bits per heavy atom. The van der Waals surface area contributed by atoms with Crippen molar-refractivity contribution in [2.45, 2.75) is 18.5 Å². The van der Waals surface area contributed by atoms with Crippen LogP contribution in [0.2, 0.25) is 0 Å². The molecule has 0 aliphatic carbocycles. The average Bonchev–Trinajstić information content (AvgIpc) is 2.33. The molecule has 1 atom stereocenters. The van der Waals surface area contributed by atoms with Gasteiger partial charge in [-0.2, -0.15) is 26.3 Å². The topological polar surface area (TPSA) is 74.6 Å². The second-order valence-electron chi connectivity index (χ2n) is 3.88. The van der Waals surface area contributed by atoms with Gasteiger partial charge in [-0.25, -0.2) is 4.79 Å². The number of aliphatic carboxylic acids is 1. The lowest BCUT2D eigenvalue weighted by atomic mass is 9.93. The summed E-state index contributed by atoms with van der Waals surface area (Å²) in [7, 11) is 0. The molecule has 2 N–H and O–H groups in total. The Hall–Kier alpha value is -2.10. The van der Waals surface area contributed by atoms with Crippen molar-refractivity contribution in [1.82, 2.24) is 0 Å². The molecule has 0 aliphatic heterocycles. The molecule has 0 aliphatic rings. The molecule has 10 heteroatoms. The van der Waals surface area contributed by atoms with Crippen LogP contribution in [0.5, 0.6) is 0 Å². The van der Waals surface area contributed by atoms with E-state index < -0.39 is 46.7 Å². The number of aliphatic hydroxyl groups is 1. The van der Waals surface area contributed by atoms with E-state index >= 15 is 0 Å². The van der Waals surface area contributed by atoms with Crippen LogP contribution in [0, 0.1) is 0 Å². The zero-order valence-corrected chi connectivity index (χ0v) is 9.79. The number of hydrogen-bond acceptors (Lipinski definition) is 3. The molecular weight excluding hydrogens is 310 g/mol. The number of rotatable bonds is 3. The fourth-order valence-corrected chi connectivity index (χ4v) is 1.63. The number of alkyl halides is 6. The zero-order valence-electron chi connectivity index (χ0n) is 9.79. The largest absolute Gasteiger partial charge is 0.479 e. The van der Waals surface area contributed by atoms with E-state index in [1.807, 2.05) is 0 Å². The van der Waals surface area contributed by atoms with E-state index in [1.165, 1.54) is 0 Å². The Labute approximate surface area is 112 Å². The molecule has 1 aromatic rings.